The van der Waals surface area contributed by atoms with Crippen LogP contribution < -0.4 is 5.32 Å². The molecule has 1 aromatic rings. The third-order valence-corrected chi connectivity index (χ3v) is 3.70. The molecule has 1 N–H and O–H groups in total. The molecule has 0 radical (unpaired) electrons. The number of carbonyl (C=O) groups is 2. The molecule has 0 saturated carbocycles. The first kappa shape index (κ1) is 18.0. The first-order chi connectivity index (χ1) is 11.3. The number of nitrogens with zero attached hydrogens (tertiary/aromatic N) is 2. The topological polar surface area (TPSA) is 80.8 Å². The Morgan fingerprint density at radius 3 is 2.71 bits per heavy atom. The molecule has 1 saturated heterocycles. The van der Waals surface area contributed by atoms with Crippen LogP contribution in [0.4, 0.5) is 10.5 Å². The lowest BCUT2D eigenvalue weighted by Crippen LogP contribution is -2.42. The van der Waals surface area contributed by atoms with Crippen LogP contribution in [0.5, 0.6) is 0 Å². The van der Waals surface area contributed by atoms with E-state index < -0.39 is 11.6 Å². The van der Waals surface area contributed by atoms with Gasteiger partial charge >= 0.3 is 12.1 Å². The first-order valence-corrected chi connectivity index (χ1v) is 8.08. The SMILES string of the molecule is COC(=O)c1ccc(NCC2CCCN2C(=O)OC(C)(C)C)cn1. The molecule has 7 nitrogen and oxygen atoms in total. The van der Waals surface area contributed by atoms with Gasteiger partial charge in [-0.2, -0.15) is 0 Å². The molecule has 2 rings (SSSR count). The third kappa shape index (κ3) is 4.84. The lowest BCUT2D eigenvalue weighted by atomic mass is 10.2. The molecule has 24 heavy (non-hydrogen) atoms. The molecule has 7 heteroatoms. The third-order valence-electron chi connectivity index (χ3n) is 3.70. The van der Waals surface area contributed by atoms with Crippen molar-refractivity contribution in [1.82, 2.24) is 9.88 Å². The molecule has 0 spiro atoms. The second kappa shape index (κ2) is 7.51. The number of methoxy groups -OCH3 is 1. The van der Waals surface area contributed by atoms with E-state index in [1.54, 1.807) is 23.2 Å². The van der Waals surface area contributed by atoms with E-state index in [4.69, 9.17) is 4.74 Å². The number of rotatable bonds is 4. The van der Waals surface area contributed by atoms with Gasteiger partial charge < -0.3 is 19.7 Å². The van der Waals surface area contributed by atoms with Crippen LogP contribution in [0.1, 0.15) is 44.1 Å². The Morgan fingerprint density at radius 2 is 2.12 bits per heavy atom. The minimum Gasteiger partial charge on any atom is -0.464 e. The highest BCUT2D eigenvalue weighted by Gasteiger charge is 2.31. The fourth-order valence-electron chi connectivity index (χ4n) is 2.57. The van der Waals surface area contributed by atoms with Crippen molar-refractivity contribution in [1.29, 1.82) is 0 Å². The molecule has 1 aliphatic heterocycles. The van der Waals surface area contributed by atoms with Gasteiger partial charge in [0.1, 0.15) is 11.3 Å². The largest absolute Gasteiger partial charge is 0.464 e. The Balaban J connectivity index is 1.91. The van der Waals surface area contributed by atoms with Crippen LogP contribution in [0, 0.1) is 0 Å². The molecule has 0 aromatic carbocycles. The van der Waals surface area contributed by atoms with Crippen molar-refractivity contribution in [3.63, 3.8) is 0 Å². The van der Waals surface area contributed by atoms with Gasteiger partial charge in [0.2, 0.25) is 0 Å². The quantitative estimate of drug-likeness (QED) is 0.852. The van der Waals surface area contributed by atoms with Crippen molar-refractivity contribution in [2.75, 3.05) is 25.5 Å². The van der Waals surface area contributed by atoms with Gasteiger partial charge in [0.05, 0.1) is 25.0 Å². The summed E-state index contributed by atoms with van der Waals surface area (Å²) in [5, 5.41) is 3.25. The fraction of sp³-hybridized carbons (Fsp3) is 0.588. The number of nitrogens with one attached hydrogen (secondary N) is 1. The van der Waals surface area contributed by atoms with E-state index in [0.717, 1.165) is 18.5 Å². The highest BCUT2D eigenvalue weighted by Crippen LogP contribution is 2.21. The van der Waals surface area contributed by atoms with Crippen LogP contribution in [0.3, 0.4) is 0 Å². The predicted octanol–water partition coefficient (Wildman–Crippen LogP) is 2.68. The maximum Gasteiger partial charge on any atom is 0.410 e. The van der Waals surface area contributed by atoms with E-state index in [1.165, 1.54) is 7.11 Å². The van der Waals surface area contributed by atoms with Crippen LogP contribution in [-0.4, -0.2) is 53.8 Å². The number of hydrogen-bond acceptors (Lipinski definition) is 6. The second-order valence-electron chi connectivity index (χ2n) is 6.77. The minimum atomic E-state index is -0.495. The highest BCUT2D eigenvalue weighted by molar-refractivity contribution is 5.87. The van der Waals surface area contributed by atoms with Gasteiger partial charge in [-0.1, -0.05) is 0 Å². The summed E-state index contributed by atoms with van der Waals surface area (Å²) in [4.78, 5) is 29.4. The van der Waals surface area contributed by atoms with E-state index in [-0.39, 0.29) is 17.8 Å². The Bertz CT molecular complexity index is 580. The second-order valence-corrected chi connectivity index (χ2v) is 6.77. The number of carbonyl (C=O) groups excluding carboxylic acids is 2. The zero-order valence-corrected chi connectivity index (χ0v) is 14.7. The van der Waals surface area contributed by atoms with Crippen molar-refractivity contribution in [3.8, 4) is 0 Å². The molecule has 1 unspecified atom stereocenters. The zero-order chi connectivity index (χ0) is 17.7. The molecule has 1 atom stereocenters. The van der Waals surface area contributed by atoms with Crippen molar-refractivity contribution in [3.05, 3.63) is 24.0 Å². The van der Waals surface area contributed by atoms with Crippen LogP contribution >= 0.6 is 0 Å². The smallest absolute Gasteiger partial charge is 0.410 e. The van der Waals surface area contributed by atoms with Crippen LogP contribution in [0.25, 0.3) is 0 Å². The summed E-state index contributed by atoms with van der Waals surface area (Å²) >= 11 is 0. The summed E-state index contributed by atoms with van der Waals surface area (Å²) < 4.78 is 10.1. The van der Waals surface area contributed by atoms with Gasteiger partial charge in [-0.05, 0) is 45.7 Å². The standard InChI is InChI=1S/C17H25N3O4/c1-17(2,3)24-16(22)20-9-5-6-13(20)11-18-12-7-8-14(19-10-12)15(21)23-4/h7-8,10,13,18H,5-6,9,11H2,1-4H3. The summed E-state index contributed by atoms with van der Waals surface area (Å²) in [7, 11) is 1.32. The van der Waals surface area contributed by atoms with Gasteiger partial charge in [-0.15, -0.1) is 0 Å². The van der Waals surface area contributed by atoms with E-state index in [0.29, 0.717) is 13.1 Å². The minimum absolute atomic E-state index is 0.0835. The maximum atomic E-state index is 12.2. The van der Waals surface area contributed by atoms with Gasteiger partial charge in [0, 0.05) is 13.1 Å². The molecule has 1 aliphatic rings. The number of pyridine rings is 1. The van der Waals surface area contributed by atoms with E-state index in [9.17, 15) is 9.59 Å². The Hall–Kier alpha value is -2.31. The summed E-state index contributed by atoms with van der Waals surface area (Å²) in [5.41, 5.74) is 0.559. The number of amides is 1. The number of ether oxygens (including phenoxy) is 2. The van der Waals surface area contributed by atoms with E-state index in [1.807, 2.05) is 20.8 Å². The van der Waals surface area contributed by atoms with Crippen molar-refractivity contribution >= 4 is 17.7 Å². The fourth-order valence-corrected chi connectivity index (χ4v) is 2.57. The molecule has 1 aromatic heterocycles. The van der Waals surface area contributed by atoms with E-state index >= 15 is 0 Å². The number of anilines is 1. The number of aromatic nitrogens is 1. The molecule has 132 valence electrons. The molecular weight excluding hydrogens is 310 g/mol. The summed E-state index contributed by atoms with van der Waals surface area (Å²) in [6, 6.07) is 3.46. The van der Waals surface area contributed by atoms with Crippen molar-refractivity contribution in [2.24, 2.45) is 0 Å². The predicted molar refractivity (Wildman–Crippen MR) is 90.0 cm³/mol. The highest BCUT2D eigenvalue weighted by atomic mass is 16.6. The van der Waals surface area contributed by atoms with Crippen molar-refractivity contribution < 1.29 is 19.1 Å². The summed E-state index contributed by atoms with van der Waals surface area (Å²) in [6.07, 6.45) is 3.20. The molecule has 2 heterocycles. The van der Waals surface area contributed by atoms with Gasteiger partial charge in [-0.25, -0.2) is 14.6 Å². The number of hydrogen-bond donors (Lipinski definition) is 1. The summed E-state index contributed by atoms with van der Waals surface area (Å²) in [6.45, 7) is 6.91. The van der Waals surface area contributed by atoms with Crippen LogP contribution in [0.15, 0.2) is 18.3 Å². The lowest BCUT2D eigenvalue weighted by molar-refractivity contribution is 0.0235. The average Bonchev–Trinajstić information content (AvgIpc) is 2.99. The van der Waals surface area contributed by atoms with Gasteiger partial charge in [0.25, 0.3) is 0 Å². The molecule has 0 bridgehead atoms. The Morgan fingerprint density at radius 1 is 1.38 bits per heavy atom. The zero-order valence-electron chi connectivity index (χ0n) is 14.7. The van der Waals surface area contributed by atoms with E-state index in [2.05, 4.69) is 15.0 Å². The van der Waals surface area contributed by atoms with Gasteiger partial charge in [-0.3, -0.25) is 0 Å². The molecule has 0 aliphatic carbocycles. The summed E-state index contributed by atoms with van der Waals surface area (Å²) in [5.74, 6) is -0.464. The van der Waals surface area contributed by atoms with Gasteiger partial charge in [0.15, 0.2) is 0 Å². The molecule has 1 fully saturated rings. The Kier molecular flexibility index (Phi) is 5.64. The molecule has 1 amide bonds. The number of likely N-dealkylation sites (tertiary alicyclic amines) is 1. The first-order valence-electron chi connectivity index (χ1n) is 8.08. The monoisotopic (exact) mass is 335 g/mol. The average molecular weight is 335 g/mol. The maximum absolute atomic E-state index is 12.2. The lowest BCUT2D eigenvalue weighted by Gasteiger charge is -2.28. The number of esters is 1. The normalized spacial score (nSPS) is 17.5. The molecular formula is C17H25N3O4. The van der Waals surface area contributed by atoms with Crippen molar-refractivity contribution in [2.45, 2.75) is 45.3 Å². The van der Waals surface area contributed by atoms with Crippen LogP contribution in [0.2, 0.25) is 0 Å². The Labute approximate surface area is 142 Å². The van der Waals surface area contributed by atoms with Crippen LogP contribution in [-0.2, 0) is 9.47 Å².